The summed E-state index contributed by atoms with van der Waals surface area (Å²) in [5, 5.41) is 11.1. The molecule has 0 bridgehead atoms. The van der Waals surface area contributed by atoms with E-state index in [1.807, 2.05) is 30.3 Å². The molecule has 2 aromatic rings. The van der Waals surface area contributed by atoms with Crippen LogP contribution >= 0.6 is 11.6 Å². The summed E-state index contributed by atoms with van der Waals surface area (Å²) in [4.78, 5) is 0. The van der Waals surface area contributed by atoms with Crippen molar-refractivity contribution in [1.29, 1.82) is 0 Å². The predicted molar refractivity (Wildman–Crippen MR) is 85.3 cm³/mol. The number of aliphatic hydroxyl groups is 1. The van der Waals surface area contributed by atoms with E-state index in [9.17, 15) is 5.11 Å². The maximum Gasteiger partial charge on any atom is 0.104 e. The third-order valence-electron chi connectivity index (χ3n) is 4.06. The lowest BCUT2D eigenvalue weighted by atomic mass is 9.82. The minimum Gasteiger partial charge on any atom is -0.384 e. The van der Waals surface area contributed by atoms with Crippen molar-refractivity contribution in [3.8, 4) is 0 Å². The average molecular weight is 289 g/mol. The Bertz CT molecular complexity index is 572. The summed E-state index contributed by atoms with van der Waals surface area (Å²) in [6.45, 7) is 6.65. The molecule has 0 saturated carbocycles. The summed E-state index contributed by atoms with van der Waals surface area (Å²) in [5.41, 5.74) is 3.17. The summed E-state index contributed by atoms with van der Waals surface area (Å²) in [7, 11) is 0. The monoisotopic (exact) mass is 288 g/mol. The molecule has 0 amide bonds. The van der Waals surface area contributed by atoms with Gasteiger partial charge < -0.3 is 5.11 Å². The van der Waals surface area contributed by atoms with Gasteiger partial charge >= 0.3 is 0 Å². The van der Waals surface area contributed by atoms with E-state index >= 15 is 0 Å². The first-order chi connectivity index (χ1) is 9.44. The first-order valence-corrected chi connectivity index (χ1v) is 7.36. The molecule has 1 N–H and O–H groups in total. The molecule has 0 radical (unpaired) electrons. The standard InChI is InChI=1S/C18H21ClO/c1-4-18(2,3)15-10-8-13(9-11-15)17(20)14-6-5-7-16(19)12-14/h5-12,17,20H,4H2,1-3H3. The Labute approximate surface area is 126 Å². The van der Waals surface area contributed by atoms with Crippen molar-refractivity contribution in [2.45, 2.75) is 38.7 Å². The first kappa shape index (κ1) is 15.1. The molecule has 0 aliphatic rings. The van der Waals surface area contributed by atoms with Gasteiger partial charge in [-0.25, -0.2) is 0 Å². The summed E-state index contributed by atoms with van der Waals surface area (Å²) in [6, 6.07) is 15.6. The van der Waals surface area contributed by atoms with Gasteiger partial charge in [0, 0.05) is 5.02 Å². The summed E-state index contributed by atoms with van der Waals surface area (Å²) in [6.07, 6.45) is 0.455. The van der Waals surface area contributed by atoms with E-state index in [2.05, 4.69) is 32.9 Å². The van der Waals surface area contributed by atoms with Crippen LogP contribution in [0, 0.1) is 0 Å². The van der Waals surface area contributed by atoms with Crippen molar-refractivity contribution in [2.75, 3.05) is 0 Å². The molecule has 1 nitrogen and oxygen atoms in total. The van der Waals surface area contributed by atoms with Crippen LogP contribution in [0.1, 0.15) is 50.0 Å². The first-order valence-electron chi connectivity index (χ1n) is 6.98. The van der Waals surface area contributed by atoms with E-state index in [1.165, 1.54) is 5.56 Å². The van der Waals surface area contributed by atoms with E-state index in [4.69, 9.17) is 11.6 Å². The van der Waals surface area contributed by atoms with Gasteiger partial charge in [-0.1, -0.05) is 68.8 Å². The lowest BCUT2D eigenvalue weighted by Crippen LogP contribution is -2.15. The van der Waals surface area contributed by atoms with Gasteiger partial charge in [-0.3, -0.25) is 0 Å². The van der Waals surface area contributed by atoms with Gasteiger partial charge in [-0.2, -0.15) is 0 Å². The Balaban J connectivity index is 2.26. The third-order valence-corrected chi connectivity index (χ3v) is 4.29. The fraction of sp³-hybridized carbons (Fsp3) is 0.333. The topological polar surface area (TPSA) is 20.2 Å². The fourth-order valence-electron chi connectivity index (χ4n) is 2.19. The van der Waals surface area contributed by atoms with Crippen LogP contribution in [-0.4, -0.2) is 5.11 Å². The van der Waals surface area contributed by atoms with Gasteiger partial charge in [0.15, 0.2) is 0 Å². The molecule has 106 valence electrons. The summed E-state index contributed by atoms with van der Waals surface area (Å²) < 4.78 is 0. The SMILES string of the molecule is CCC(C)(C)c1ccc(C(O)c2cccc(Cl)c2)cc1. The highest BCUT2D eigenvalue weighted by molar-refractivity contribution is 6.30. The second kappa shape index (κ2) is 5.99. The van der Waals surface area contributed by atoms with Crippen LogP contribution in [-0.2, 0) is 5.41 Å². The van der Waals surface area contributed by atoms with Gasteiger partial charge in [0.2, 0.25) is 0 Å². The smallest absolute Gasteiger partial charge is 0.104 e. The van der Waals surface area contributed by atoms with E-state index in [1.54, 1.807) is 6.07 Å². The van der Waals surface area contributed by atoms with Crippen LogP contribution in [0.15, 0.2) is 48.5 Å². The highest BCUT2D eigenvalue weighted by Crippen LogP contribution is 2.29. The van der Waals surface area contributed by atoms with Crippen LogP contribution in [0.4, 0.5) is 0 Å². The van der Waals surface area contributed by atoms with Gasteiger partial charge in [0.1, 0.15) is 6.10 Å². The Morgan fingerprint density at radius 2 is 1.70 bits per heavy atom. The Kier molecular flexibility index (Phi) is 4.52. The molecule has 0 aliphatic carbocycles. The molecule has 1 unspecified atom stereocenters. The number of hydrogen-bond acceptors (Lipinski definition) is 1. The van der Waals surface area contributed by atoms with Crippen LogP contribution in [0.25, 0.3) is 0 Å². The molecule has 0 spiro atoms. The Morgan fingerprint density at radius 1 is 1.05 bits per heavy atom. The number of benzene rings is 2. The van der Waals surface area contributed by atoms with Crippen molar-refractivity contribution >= 4 is 11.6 Å². The number of halogens is 1. The van der Waals surface area contributed by atoms with Crippen LogP contribution in [0.5, 0.6) is 0 Å². The third kappa shape index (κ3) is 3.23. The van der Waals surface area contributed by atoms with Crippen molar-refractivity contribution in [1.82, 2.24) is 0 Å². The van der Waals surface area contributed by atoms with Gasteiger partial charge in [-0.15, -0.1) is 0 Å². The minimum absolute atomic E-state index is 0.166. The molecule has 1 atom stereocenters. The molecule has 0 fully saturated rings. The molecule has 0 aliphatic heterocycles. The van der Waals surface area contributed by atoms with E-state index in [0.717, 1.165) is 17.5 Å². The van der Waals surface area contributed by atoms with Crippen LogP contribution < -0.4 is 0 Å². The van der Waals surface area contributed by atoms with Crippen molar-refractivity contribution in [3.63, 3.8) is 0 Å². The fourth-order valence-corrected chi connectivity index (χ4v) is 2.39. The number of hydrogen-bond donors (Lipinski definition) is 1. The molecule has 2 heteroatoms. The highest BCUT2D eigenvalue weighted by Gasteiger charge is 2.18. The zero-order valence-electron chi connectivity index (χ0n) is 12.2. The molecule has 20 heavy (non-hydrogen) atoms. The van der Waals surface area contributed by atoms with Crippen molar-refractivity contribution < 1.29 is 5.11 Å². The Morgan fingerprint density at radius 3 is 2.25 bits per heavy atom. The lowest BCUT2D eigenvalue weighted by molar-refractivity contribution is 0.220. The van der Waals surface area contributed by atoms with E-state index < -0.39 is 6.10 Å². The van der Waals surface area contributed by atoms with Gasteiger partial charge in [0.25, 0.3) is 0 Å². The zero-order valence-corrected chi connectivity index (χ0v) is 13.0. The highest BCUT2D eigenvalue weighted by atomic mass is 35.5. The number of rotatable bonds is 4. The normalized spacial score (nSPS) is 13.2. The Hall–Kier alpha value is -1.31. The lowest BCUT2D eigenvalue weighted by Gasteiger charge is -2.24. The van der Waals surface area contributed by atoms with Gasteiger partial charge in [0.05, 0.1) is 0 Å². The predicted octanol–water partition coefficient (Wildman–Crippen LogP) is 5.11. The van der Waals surface area contributed by atoms with E-state index in [-0.39, 0.29) is 5.41 Å². The summed E-state index contributed by atoms with van der Waals surface area (Å²) in [5.74, 6) is 0. The molecule has 0 aromatic heterocycles. The molecule has 2 rings (SSSR count). The summed E-state index contributed by atoms with van der Waals surface area (Å²) >= 11 is 5.97. The second-order valence-electron chi connectivity index (χ2n) is 5.82. The quantitative estimate of drug-likeness (QED) is 0.829. The molecule has 2 aromatic carbocycles. The van der Waals surface area contributed by atoms with Crippen molar-refractivity contribution in [2.24, 2.45) is 0 Å². The van der Waals surface area contributed by atoms with Crippen LogP contribution in [0.3, 0.4) is 0 Å². The van der Waals surface area contributed by atoms with E-state index in [0.29, 0.717) is 5.02 Å². The van der Waals surface area contributed by atoms with Crippen LogP contribution in [0.2, 0.25) is 5.02 Å². The molecule has 0 heterocycles. The largest absolute Gasteiger partial charge is 0.384 e. The maximum absolute atomic E-state index is 10.4. The maximum atomic E-state index is 10.4. The number of aliphatic hydroxyl groups excluding tert-OH is 1. The molecule has 0 saturated heterocycles. The molecular weight excluding hydrogens is 268 g/mol. The zero-order chi connectivity index (χ0) is 14.8. The molecular formula is C18H21ClO. The second-order valence-corrected chi connectivity index (χ2v) is 6.25. The minimum atomic E-state index is -0.632. The van der Waals surface area contributed by atoms with Gasteiger partial charge in [-0.05, 0) is 40.7 Å². The average Bonchev–Trinajstić information content (AvgIpc) is 2.46. The van der Waals surface area contributed by atoms with Crippen molar-refractivity contribution in [3.05, 3.63) is 70.2 Å².